The van der Waals surface area contributed by atoms with Gasteiger partial charge in [0.2, 0.25) is 5.91 Å². The summed E-state index contributed by atoms with van der Waals surface area (Å²) in [6.07, 6.45) is 19.5. The third-order valence-corrected chi connectivity index (χ3v) is 5.97. The summed E-state index contributed by atoms with van der Waals surface area (Å²) in [5.41, 5.74) is 0. The molecule has 2 atom stereocenters. The number of phosphoric acid groups is 1. The molecule has 8 nitrogen and oxygen atoms in total. The van der Waals surface area contributed by atoms with Crippen molar-refractivity contribution in [2.24, 2.45) is 0 Å². The monoisotopic (exact) mass is 479 g/mol. The van der Waals surface area contributed by atoms with Crippen molar-refractivity contribution in [3.8, 4) is 0 Å². The second kappa shape index (κ2) is 22.1. The van der Waals surface area contributed by atoms with E-state index in [1.54, 1.807) is 0 Å². The Morgan fingerprint density at radius 2 is 1.50 bits per heavy atom. The summed E-state index contributed by atoms with van der Waals surface area (Å²) in [7, 11) is -4.30. The summed E-state index contributed by atoms with van der Waals surface area (Å²) in [5, 5.41) is 20.3. The van der Waals surface area contributed by atoms with Gasteiger partial charge in [-0.05, 0) is 32.1 Å². The quantitative estimate of drug-likeness (QED) is 0.0956. The molecule has 0 saturated heterocycles. The van der Waals surface area contributed by atoms with Crippen LogP contribution in [0.25, 0.3) is 0 Å². The van der Waals surface area contributed by atoms with E-state index >= 15 is 0 Å². The first kappa shape index (κ1) is 31.2. The van der Waals surface area contributed by atoms with Crippen LogP contribution in [0.1, 0.15) is 96.8 Å². The van der Waals surface area contributed by atoms with Crippen LogP contribution < -0.4 is 5.32 Å². The Hall–Kier alpha value is -0.760. The first-order chi connectivity index (χ1) is 15.4. The van der Waals surface area contributed by atoms with Crippen LogP contribution in [-0.4, -0.2) is 53.5 Å². The number of unbranched alkanes of at least 4 members (excludes halogenated alkanes) is 11. The van der Waals surface area contributed by atoms with Crippen molar-refractivity contribution in [1.82, 2.24) is 5.32 Å². The molecule has 190 valence electrons. The van der Waals surface area contributed by atoms with Gasteiger partial charge in [0.1, 0.15) is 6.10 Å². The average Bonchev–Trinajstić information content (AvgIpc) is 2.77. The first-order valence-electron chi connectivity index (χ1n) is 12.2. The van der Waals surface area contributed by atoms with E-state index in [0.29, 0.717) is 6.42 Å². The standard InChI is InChI=1S/C23H46NO7P/c1-2-3-4-5-6-7-8-9-10-11-12-13-14-15-16-17-23(27)24-18-19-30-32(28,29)31-21-22(26)20-25/h9-10,22,25-26H,2-8,11-21H2,1H3,(H,24,27)(H,28,29)/b10-9-. The van der Waals surface area contributed by atoms with Gasteiger partial charge in [0.05, 0.1) is 19.8 Å². The summed E-state index contributed by atoms with van der Waals surface area (Å²) >= 11 is 0. The summed E-state index contributed by atoms with van der Waals surface area (Å²) in [5.74, 6) is -0.115. The lowest BCUT2D eigenvalue weighted by Crippen LogP contribution is -2.27. The number of carbonyl (C=O) groups excluding carboxylic acids is 1. The molecule has 0 aliphatic heterocycles. The number of phosphoric ester groups is 1. The van der Waals surface area contributed by atoms with Crippen molar-refractivity contribution < 1.29 is 33.5 Å². The van der Waals surface area contributed by atoms with E-state index in [0.717, 1.165) is 25.7 Å². The van der Waals surface area contributed by atoms with Gasteiger partial charge in [-0.25, -0.2) is 4.57 Å². The molecular formula is C23H46NO7P. The highest BCUT2D eigenvalue weighted by molar-refractivity contribution is 7.47. The summed E-state index contributed by atoms with van der Waals surface area (Å²) in [6, 6.07) is 0. The van der Waals surface area contributed by atoms with Gasteiger partial charge in [-0.2, -0.15) is 0 Å². The molecule has 9 heteroatoms. The fraction of sp³-hybridized carbons (Fsp3) is 0.870. The van der Waals surface area contributed by atoms with E-state index in [4.69, 9.17) is 10.2 Å². The lowest BCUT2D eigenvalue weighted by molar-refractivity contribution is -0.121. The smallest absolute Gasteiger partial charge is 0.394 e. The zero-order valence-electron chi connectivity index (χ0n) is 19.9. The average molecular weight is 480 g/mol. The topological polar surface area (TPSA) is 125 Å². The third kappa shape index (κ3) is 22.4. The molecule has 0 aromatic carbocycles. The summed E-state index contributed by atoms with van der Waals surface area (Å²) < 4.78 is 20.7. The molecule has 0 saturated carbocycles. The van der Waals surface area contributed by atoms with Crippen LogP contribution in [0.4, 0.5) is 0 Å². The van der Waals surface area contributed by atoms with Gasteiger partial charge in [-0.1, -0.05) is 70.4 Å². The molecule has 0 aromatic rings. The zero-order chi connectivity index (χ0) is 23.9. The highest BCUT2D eigenvalue weighted by atomic mass is 31.2. The summed E-state index contributed by atoms with van der Waals surface area (Å²) in [4.78, 5) is 21.1. The molecule has 0 aliphatic rings. The van der Waals surface area contributed by atoms with Crippen molar-refractivity contribution in [1.29, 1.82) is 0 Å². The zero-order valence-corrected chi connectivity index (χ0v) is 20.8. The van der Waals surface area contributed by atoms with Crippen molar-refractivity contribution in [3.63, 3.8) is 0 Å². The summed E-state index contributed by atoms with van der Waals surface area (Å²) in [6.45, 7) is 1.08. The fourth-order valence-electron chi connectivity index (χ4n) is 3.07. The minimum absolute atomic E-state index is 0.0976. The number of aliphatic hydroxyl groups is 2. The van der Waals surface area contributed by atoms with Crippen LogP contribution in [-0.2, 0) is 18.4 Å². The third-order valence-electron chi connectivity index (χ3n) is 4.99. The lowest BCUT2D eigenvalue weighted by Gasteiger charge is -2.14. The molecule has 32 heavy (non-hydrogen) atoms. The Labute approximate surface area is 194 Å². The number of amides is 1. The van der Waals surface area contributed by atoms with Gasteiger partial charge in [0.25, 0.3) is 0 Å². The van der Waals surface area contributed by atoms with Crippen molar-refractivity contribution in [2.45, 2.75) is 103 Å². The van der Waals surface area contributed by atoms with E-state index in [2.05, 4.69) is 33.4 Å². The maximum absolute atomic E-state index is 11.8. The number of allylic oxidation sites excluding steroid dienone is 2. The number of nitrogens with one attached hydrogen (secondary N) is 1. The normalized spacial score (nSPS) is 14.5. The predicted molar refractivity (Wildman–Crippen MR) is 127 cm³/mol. The highest BCUT2D eigenvalue weighted by Crippen LogP contribution is 2.42. The van der Waals surface area contributed by atoms with E-state index in [-0.39, 0.29) is 19.1 Å². The van der Waals surface area contributed by atoms with Gasteiger partial charge in [-0.15, -0.1) is 0 Å². The molecule has 0 radical (unpaired) electrons. The van der Waals surface area contributed by atoms with Crippen molar-refractivity contribution in [3.05, 3.63) is 12.2 Å². The fourth-order valence-corrected chi connectivity index (χ4v) is 3.82. The van der Waals surface area contributed by atoms with Crippen LogP contribution >= 0.6 is 7.82 Å². The van der Waals surface area contributed by atoms with Gasteiger partial charge in [0.15, 0.2) is 0 Å². The van der Waals surface area contributed by atoms with Gasteiger partial charge in [0, 0.05) is 13.0 Å². The van der Waals surface area contributed by atoms with Crippen molar-refractivity contribution >= 4 is 13.7 Å². The van der Waals surface area contributed by atoms with Crippen molar-refractivity contribution in [2.75, 3.05) is 26.4 Å². The second-order valence-corrected chi connectivity index (χ2v) is 9.57. The molecule has 0 fully saturated rings. The van der Waals surface area contributed by atoms with Crippen LogP contribution in [0, 0.1) is 0 Å². The molecule has 0 aromatic heterocycles. The Kier molecular flexibility index (Phi) is 21.5. The Morgan fingerprint density at radius 3 is 2.09 bits per heavy atom. The first-order valence-corrected chi connectivity index (χ1v) is 13.7. The Bertz CT molecular complexity index is 517. The molecule has 0 aliphatic carbocycles. The molecular weight excluding hydrogens is 433 g/mol. The van der Waals surface area contributed by atoms with Crippen LogP contribution in [0.5, 0.6) is 0 Å². The largest absolute Gasteiger partial charge is 0.472 e. The Morgan fingerprint density at radius 1 is 0.938 bits per heavy atom. The Balaban J connectivity index is 3.44. The molecule has 0 heterocycles. The van der Waals surface area contributed by atoms with E-state index in [1.165, 1.54) is 57.8 Å². The maximum atomic E-state index is 11.8. The number of aliphatic hydroxyl groups excluding tert-OH is 2. The van der Waals surface area contributed by atoms with Gasteiger partial charge < -0.3 is 20.4 Å². The second-order valence-electron chi connectivity index (χ2n) is 8.12. The molecule has 0 bridgehead atoms. The molecule has 4 N–H and O–H groups in total. The highest BCUT2D eigenvalue weighted by Gasteiger charge is 2.22. The van der Waals surface area contributed by atoms with Crippen LogP contribution in [0.15, 0.2) is 12.2 Å². The van der Waals surface area contributed by atoms with Crippen LogP contribution in [0.3, 0.4) is 0 Å². The predicted octanol–water partition coefficient (Wildman–Crippen LogP) is 4.63. The number of rotatable bonds is 23. The molecule has 1 amide bonds. The molecule has 2 unspecified atom stereocenters. The number of hydrogen-bond donors (Lipinski definition) is 4. The lowest BCUT2D eigenvalue weighted by atomic mass is 10.1. The minimum atomic E-state index is -4.30. The van der Waals surface area contributed by atoms with E-state index in [9.17, 15) is 14.3 Å². The van der Waals surface area contributed by atoms with Gasteiger partial charge in [-0.3, -0.25) is 13.8 Å². The van der Waals surface area contributed by atoms with E-state index in [1.807, 2.05) is 0 Å². The number of carbonyl (C=O) groups is 1. The minimum Gasteiger partial charge on any atom is -0.394 e. The maximum Gasteiger partial charge on any atom is 0.472 e. The molecule has 0 rings (SSSR count). The van der Waals surface area contributed by atoms with Crippen LogP contribution in [0.2, 0.25) is 0 Å². The van der Waals surface area contributed by atoms with Gasteiger partial charge >= 0.3 is 7.82 Å². The SMILES string of the molecule is CCCCCCCC/C=C\CCCCCCCC(=O)NCCOP(=O)(O)OCC(O)CO. The molecule has 0 spiro atoms. The van der Waals surface area contributed by atoms with E-state index < -0.39 is 27.1 Å². The number of hydrogen-bond acceptors (Lipinski definition) is 6.